The van der Waals surface area contributed by atoms with Gasteiger partial charge < -0.3 is 9.64 Å². The number of nitrogens with zero attached hydrogens (tertiary/aromatic N) is 1. The Morgan fingerprint density at radius 1 is 1.33 bits per heavy atom. The highest BCUT2D eigenvalue weighted by atomic mass is 16.5. The van der Waals surface area contributed by atoms with Gasteiger partial charge in [-0.1, -0.05) is 12.1 Å². The van der Waals surface area contributed by atoms with E-state index in [-0.39, 0.29) is 5.91 Å². The minimum absolute atomic E-state index is 0.234. The molecule has 0 atom stereocenters. The molecule has 98 valence electrons. The summed E-state index contributed by atoms with van der Waals surface area (Å²) in [6.45, 7) is 4.18. The highest BCUT2D eigenvalue weighted by Gasteiger charge is 2.33. The van der Waals surface area contributed by atoms with Gasteiger partial charge in [0.05, 0.1) is 13.5 Å². The molecule has 1 aromatic carbocycles. The molecule has 1 amide bonds. The van der Waals surface area contributed by atoms with Crippen molar-refractivity contribution in [3.63, 3.8) is 0 Å². The minimum Gasteiger partial charge on any atom is -0.497 e. The van der Waals surface area contributed by atoms with Gasteiger partial charge in [-0.3, -0.25) is 4.79 Å². The summed E-state index contributed by atoms with van der Waals surface area (Å²) in [5, 5.41) is 0. The summed E-state index contributed by atoms with van der Waals surface area (Å²) in [5.74, 6) is 1.06. The fourth-order valence-corrected chi connectivity index (χ4v) is 2.28. The van der Waals surface area contributed by atoms with Crippen LogP contribution in [-0.2, 0) is 11.2 Å². The Balaban J connectivity index is 2.00. The van der Waals surface area contributed by atoms with Crippen LogP contribution in [0.15, 0.2) is 24.3 Å². The smallest absolute Gasteiger partial charge is 0.227 e. The Hall–Kier alpha value is -1.51. The van der Waals surface area contributed by atoms with E-state index in [1.54, 1.807) is 7.11 Å². The van der Waals surface area contributed by atoms with E-state index >= 15 is 0 Å². The third-order valence-corrected chi connectivity index (χ3v) is 3.30. The molecule has 3 heteroatoms. The summed E-state index contributed by atoms with van der Waals surface area (Å²) in [7, 11) is 1.65. The first-order chi connectivity index (χ1) is 8.61. The fourth-order valence-electron chi connectivity index (χ4n) is 2.28. The van der Waals surface area contributed by atoms with Gasteiger partial charge in [0.1, 0.15) is 5.75 Å². The molecule has 0 radical (unpaired) electrons. The number of carbonyl (C=O) groups excluding carboxylic acids is 1. The van der Waals surface area contributed by atoms with E-state index in [1.165, 1.54) is 0 Å². The number of hydrogen-bond donors (Lipinski definition) is 0. The summed E-state index contributed by atoms with van der Waals surface area (Å²) < 4.78 is 5.11. The fraction of sp³-hybridized carbons (Fsp3) is 0.533. The van der Waals surface area contributed by atoms with Crippen LogP contribution in [0.5, 0.6) is 5.75 Å². The van der Waals surface area contributed by atoms with Crippen LogP contribution in [0.2, 0.25) is 0 Å². The number of methoxy groups -OCH3 is 1. The van der Waals surface area contributed by atoms with Crippen LogP contribution in [0.1, 0.15) is 32.3 Å². The summed E-state index contributed by atoms with van der Waals surface area (Å²) in [4.78, 5) is 14.3. The lowest BCUT2D eigenvalue weighted by molar-refractivity contribution is -0.132. The Morgan fingerprint density at radius 2 is 1.94 bits per heavy atom. The zero-order valence-corrected chi connectivity index (χ0v) is 11.3. The third-order valence-electron chi connectivity index (χ3n) is 3.30. The maximum absolute atomic E-state index is 12.3. The molecule has 0 heterocycles. The lowest BCUT2D eigenvalue weighted by Gasteiger charge is -2.26. The number of amides is 1. The van der Waals surface area contributed by atoms with Crippen LogP contribution in [-0.4, -0.2) is 30.0 Å². The first kappa shape index (κ1) is 12.9. The number of rotatable bonds is 5. The van der Waals surface area contributed by atoms with Crippen molar-refractivity contribution in [1.82, 2.24) is 4.90 Å². The Kier molecular flexibility index (Phi) is 3.90. The van der Waals surface area contributed by atoms with Crippen LogP contribution in [0.25, 0.3) is 0 Å². The van der Waals surface area contributed by atoms with Crippen molar-refractivity contribution in [1.29, 1.82) is 0 Å². The second-order valence-corrected chi connectivity index (χ2v) is 5.15. The second-order valence-electron chi connectivity index (χ2n) is 5.15. The van der Waals surface area contributed by atoms with Gasteiger partial charge in [-0.2, -0.15) is 0 Å². The van der Waals surface area contributed by atoms with Crippen molar-refractivity contribution in [2.45, 2.75) is 45.2 Å². The van der Waals surface area contributed by atoms with Crippen LogP contribution in [0, 0.1) is 0 Å². The molecule has 0 saturated heterocycles. The van der Waals surface area contributed by atoms with Crippen LogP contribution >= 0.6 is 0 Å². The van der Waals surface area contributed by atoms with E-state index in [0.717, 1.165) is 24.2 Å². The average molecular weight is 247 g/mol. The van der Waals surface area contributed by atoms with Gasteiger partial charge in [0.25, 0.3) is 0 Å². The number of hydrogen-bond acceptors (Lipinski definition) is 2. The maximum atomic E-state index is 12.3. The highest BCUT2D eigenvalue weighted by molar-refractivity contribution is 5.79. The lowest BCUT2D eigenvalue weighted by Crippen LogP contribution is -2.39. The molecule has 1 aliphatic rings. The second kappa shape index (κ2) is 5.42. The van der Waals surface area contributed by atoms with Gasteiger partial charge in [-0.15, -0.1) is 0 Å². The molecule has 1 aromatic rings. The molecule has 2 rings (SSSR count). The Morgan fingerprint density at radius 3 is 2.39 bits per heavy atom. The van der Waals surface area contributed by atoms with E-state index in [2.05, 4.69) is 13.8 Å². The molecule has 3 nitrogen and oxygen atoms in total. The SMILES string of the molecule is COc1ccc(CC(=O)N(C(C)C)C2CC2)cc1. The highest BCUT2D eigenvalue weighted by Crippen LogP contribution is 2.29. The number of benzene rings is 1. The summed E-state index contributed by atoms with van der Waals surface area (Å²) >= 11 is 0. The topological polar surface area (TPSA) is 29.5 Å². The predicted octanol–water partition coefficient (Wildman–Crippen LogP) is 2.64. The number of carbonyl (C=O) groups is 1. The van der Waals surface area contributed by atoms with Crippen molar-refractivity contribution in [3.05, 3.63) is 29.8 Å². The largest absolute Gasteiger partial charge is 0.497 e. The molecule has 1 saturated carbocycles. The number of ether oxygens (including phenoxy) is 1. The van der Waals surface area contributed by atoms with Gasteiger partial charge in [0.2, 0.25) is 5.91 Å². The van der Waals surface area contributed by atoms with Crippen LogP contribution in [0.4, 0.5) is 0 Å². The standard InChI is InChI=1S/C15H21NO2/c1-11(2)16(13-6-7-13)15(17)10-12-4-8-14(18-3)9-5-12/h4-5,8-9,11,13H,6-7,10H2,1-3H3. The lowest BCUT2D eigenvalue weighted by atomic mass is 10.1. The molecule has 0 aromatic heterocycles. The first-order valence-corrected chi connectivity index (χ1v) is 6.56. The average Bonchev–Trinajstić information content (AvgIpc) is 3.14. The van der Waals surface area contributed by atoms with Crippen molar-refractivity contribution in [2.24, 2.45) is 0 Å². The van der Waals surface area contributed by atoms with Gasteiger partial charge in [-0.25, -0.2) is 0 Å². The molecule has 18 heavy (non-hydrogen) atoms. The Labute approximate surface area is 109 Å². The molecule has 0 aliphatic heterocycles. The van der Waals surface area contributed by atoms with Gasteiger partial charge in [0, 0.05) is 12.1 Å². The Bertz CT molecular complexity index is 405. The van der Waals surface area contributed by atoms with E-state index in [0.29, 0.717) is 18.5 Å². The zero-order chi connectivity index (χ0) is 13.1. The van der Waals surface area contributed by atoms with Crippen LogP contribution in [0.3, 0.4) is 0 Å². The molecule has 0 N–H and O–H groups in total. The van der Waals surface area contributed by atoms with Crippen molar-refractivity contribution < 1.29 is 9.53 Å². The van der Waals surface area contributed by atoms with E-state index < -0.39 is 0 Å². The maximum Gasteiger partial charge on any atom is 0.227 e. The van der Waals surface area contributed by atoms with Crippen LogP contribution < -0.4 is 4.74 Å². The summed E-state index contributed by atoms with van der Waals surface area (Å²) in [6.07, 6.45) is 2.80. The molecular weight excluding hydrogens is 226 g/mol. The predicted molar refractivity (Wildman–Crippen MR) is 71.7 cm³/mol. The van der Waals surface area contributed by atoms with E-state index in [9.17, 15) is 4.79 Å². The van der Waals surface area contributed by atoms with Crippen molar-refractivity contribution in [2.75, 3.05) is 7.11 Å². The quantitative estimate of drug-likeness (QED) is 0.800. The third kappa shape index (κ3) is 3.03. The minimum atomic E-state index is 0.234. The molecule has 0 spiro atoms. The zero-order valence-electron chi connectivity index (χ0n) is 11.3. The van der Waals surface area contributed by atoms with Crippen molar-refractivity contribution >= 4 is 5.91 Å². The van der Waals surface area contributed by atoms with Crippen molar-refractivity contribution in [3.8, 4) is 5.75 Å². The molecule has 1 fully saturated rings. The molecular formula is C15H21NO2. The van der Waals surface area contributed by atoms with E-state index in [4.69, 9.17) is 4.74 Å². The molecule has 1 aliphatic carbocycles. The molecule has 0 bridgehead atoms. The summed E-state index contributed by atoms with van der Waals surface area (Å²) in [5.41, 5.74) is 1.05. The monoisotopic (exact) mass is 247 g/mol. The normalized spacial score (nSPS) is 14.7. The van der Waals surface area contributed by atoms with E-state index in [1.807, 2.05) is 29.2 Å². The van der Waals surface area contributed by atoms with Gasteiger partial charge >= 0.3 is 0 Å². The van der Waals surface area contributed by atoms with Gasteiger partial charge in [-0.05, 0) is 44.4 Å². The first-order valence-electron chi connectivity index (χ1n) is 6.56. The molecule has 0 unspecified atom stereocenters. The van der Waals surface area contributed by atoms with Gasteiger partial charge in [0.15, 0.2) is 0 Å². The summed E-state index contributed by atoms with van der Waals surface area (Å²) in [6, 6.07) is 8.50.